The van der Waals surface area contributed by atoms with Crippen LogP contribution >= 0.6 is 11.6 Å². The number of H-pyrrole nitrogens is 1. The molecule has 3 aromatic heterocycles. The van der Waals surface area contributed by atoms with E-state index >= 15 is 0 Å². The van der Waals surface area contributed by atoms with Gasteiger partial charge < -0.3 is 14.8 Å². The Labute approximate surface area is 244 Å². The summed E-state index contributed by atoms with van der Waals surface area (Å²) in [6, 6.07) is 13.6. The molecule has 4 heterocycles. The Kier molecular flexibility index (Phi) is 7.50. The standard InChI is InChI=1S/C28H26ClN9O4/c1-42-12-2-11-36(28(40)41)19-6-3-17(4-7-19)22-15-30-27(33-22)24-9-10-25-32-21(14-26(39)38(24)25)20-13-18(29)5-8-23(20)37-16-31-34-35-37/h3-8,13-16,24H,2,9-12H2,1H3,(H,30,33)(H,40,41)/t24-/m0/s1. The van der Waals surface area contributed by atoms with Gasteiger partial charge in [0.05, 0.1) is 29.3 Å². The van der Waals surface area contributed by atoms with Crippen molar-refractivity contribution in [1.29, 1.82) is 0 Å². The number of ether oxygens (including phenoxy) is 1. The Bertz CT molecular complexity index is 1780. The Morgan fingerprint density at radius 1 is 1.21 bits per heavy atom. The zero-order valence-electron chi connectivity index (χ0n) is 22.5. The number of imidazole rings is 1. The number of rotatable bonds is 9. The van der Waals surface area contributed by atoms with Crippen molar-refractivity contribution in [3.63, 3.8) is 0 Å². The van der Waals surface area contributed by atoms with Crippen molar-refractivity contribution in [1.82, 2.24) is 39.7 Å². The van der Waals surface area contributed by atoms with Crippen LogP contribution < -0.4 is 10.5 Å². The van der Waals surface area contributed by atoms with Gasteiger partial charge >= 0.3 is 6.09 Å². The summed E-state index contributed by atoms with van der Waals surface area (Å²) < 4.78 is 8.21. The maximum atomic E-state index is 13.4. The number of tetrazole rings is 1. The van der Waals surface area contributed by atoms with Crippen LogP contribution in [0.1, 0.15) is 30.5 Å². The van der Waals surface area contributed by atoms with Crippen molar-refractivity contribution in [3.05, 3.63) is 88.1 Å². The number of aryl methyl sites for hydroxylation is 1. The number of amides is 1. The number of halogens is 1. The van der Waals surface area contributed by atoms with E-state index in [4.69, 9.17) is 21.3 Å². The van der Waals surface area contributed by atoms with Gasteiger partial charge in [0.2, 0.25) is 0 Å². The van der Waals surface area contributed by atoms with E-state index in [0.717, 1.165) is 11.3 Å². The van der Waals surface area contributed by atoms with E-state index < -0.39 is 6.09 Å². The number of benzene rings is 2. The van der Waals surface area contributed by atoms with Gasteiger partial charge in [0.1, 0.15) is 18.0 Å². The second-order valence-electron chi connectivity index (χ2n) is 9.75. The number of nitrogens with zero attached hydrogens (tertiary/aromatic N) is 8. The number of fused-ring (bicyclic) bond motifs is 1. The van der Waals surface area contributed by atoms with Crippen molar-refractivity contribution in [2.75, 3.05) is 25.2 Å². The fourth-order valence-corrected chi connectivity index (χ4v) is 5.37. The van der Waals surface area contributed by atoms with E-state index in [9.17, 15) is 14.7 Å². The minimum absolute atomic E-state index is 0.204. The van der Waals surface area contributed by atoms with Crippen LogP contribution in [-0.4, -0.2) is 71.2 Å². The van der Waals surface area contributed by atoms with Crippen LogP contribution in [0, 0.1) is 0 Å². The van der Waals surface area contributed by atoms with E-state index in [0.29, 0.717) is 71.7 Å². The van der Waals surface area contributed by atoms with Crippen LogP contribution in [0.4, 0.5) is 10.5 Å². The topological polar surface area (TPSA) is 157 Å². The van der Waals surface area contributed by atoms with Crippen molar-refractivity contribution in [2.45, 2.75) is 25.3 Å². The van der Waals surface area contributed by atoms with Gasteiger partial charge in [-0.15, -0.1) is 5.10 Å². The third kappa shape index (κ3) is 5.27. The molecule has 6 rings (SSSR count). The van der Waals surface area contributed by atoms with Crippen LogP contribution in [0.25, 0.3) is 28.2 Å². The molecule has 0 saturated carbocycles. The number of anilines is 1. The molecule has 1 aliphatic rings. The predicted molar refractivity (Wildman–Crippen MR) is 154 cm³/mol. The third-order valence-corrected chi connectivity index (χ3v) is 7.41. The molecule has 0 bridgehead atoms. The average Bonchev–Trinajstić information content (AvgIpc) is 3.76. The molecular weight excluding hydrogens is 562 g/mol. The number of methoxy groups -OCH3 is 1. The fourth-order valence-electron chi connectivity index (χ4n) is 5.20. The zero-order valence-corrected chi connectivity index (χ0v) is 23.3. The van der Waals surface area contributed by atoms with Crippen molar-refractivity contribution >= 4 is 23.4 Å². The van der Waals surface area contributed by atoms with Crippen LogP contribution in [0.2, 0.25) is 5.02 Å². The molecule has 0 aliphatic carbocycles. The summed E-state index contributed by atoms with van der Waals surface area (Å²) in [5.41, 5.74) is 3.75. The van der Waals surface area contributed by atoms with E-state index in [2.05, 4.69) is 25.5 Å². The number of nitrogens with one attached hydrogen (secondary N) is 1. The quantitative estimate of drug-likeness (QED) is 0.243. The van der Waals surface area contributed by atoms with Crippen molar-refractivity contribution in [2.24, 2.45) is 0 Å². The molecule has 2 aromatic carbocycles. The highest BCUT2D eigenvalue weighted by Gasteiger charge is 2.29. The minimum atomic E-state index is -1.02. The normalized spacial score (nSPS) is 14.2. The van der Waals surface area contributed by atoms with E-state index in [-0.39, 0.29) is 11.6 Å². The van der Waals surface area contributed by atoms with Gasteiger partial charge in [-0.3, -0.25) is 14.3 Å². The summed E-state index contributed by atoms with van der Waals surface area (Å²) in [6.07, 6.45) is 4.00. The molecule has 214 valence electrons. The summed E-state index contributed by atoms with van der Waals surface area (Å²) in [5, 5.41) is 21.5. The zero-order chi connectivity index (χ0) is 29.2. The molecule has 0 spiro atoms. The number of carbonyl (C=O) groups is 1. The van der Waals surface area contributed by atoms with E-state index in [1.807, 2.05) is 12.1 Å². The number of aromatic nitrogens is 8. The lowest BCUT2D eigenvalue weighted by Crippen LogP contribution is -2.30. The van der Waals surface area contributed by atoms with E-state index in [1.165, 1.54) is 22.0 Å². The van der Waals surface area contributed by atoms with Crippen LogP contribution in [-0.2, 0) is 11.2 Å². The molecule has 1 aliphatic heterocycles. The fraction of sp³-hybridized carbons (Fsp3) is 0.250. The molecule has 13 nitrogen and oxygen atoms in total. The number of hydrogen-bond donors (Lipinski definition) is 2. The second kappa shape index (κ2) is 11.5. The second-order valence-corrected chi connectivity index (χ2v) is 10.2. The Balaban J connectivity index is 1.26. The van der Waals surface area contributed by atoms with Crippen molar-refractivity contribution < 1.29 is 14.6 Å². The van der Waals surface area contributed by atoms with Crippen LogP contribution in [0.3, 0.4) is 0 Å². The summed E-state index contributed by atoms with van der Waals surface area (Å²) >= 11 is 6.29. The summed E-state index contributed by atoms with van der Waals surface area (Å²) in [6.45, 7) is 0.809. The lowest BCUT2D eigenvalue weighted by Gasteiger charge is -2.19. The molecular formula is C28H26ClN9O4. The first-order valence-corrected chi connectivity index (χ1v) is 13.6. The van der Waals surface area contributed by atoms with Gasteiger partial charge in [-0.05, 0) is 59.2 Å². The SMILES string of the molecule is COCCCN(C(=O)O)c1ccc(-c2cnc([C@@H]3CCc4nc(-c5cc(Cl)ccc5-n5cnnn5)cc(=O)n43)[nH]2)cc1. The largest absolute Gasteiger partial charge is 0.465 e. The average molecular weight is 588 g/mol. The maximum absolute atomic E-state index is 13.4. The number of carboxylic acid groups (broad SMARTS) is 1. The van der Waals surface area contributed by atoms with Crippen molar-refractivity contribution in [3.8, 4) is 28.2 Å². The van der Waals surface area contributed by atoms with Gasteiger partial charge in [-0.2, -0.15) is 4.68 Å². The molecule has 1 atom stereocenters. The molecule has 14 heteroatoms. The molecule has 0 fully saturated rings. The maximum Gasteiger partial charge on any atom is 0.411 e. The monoisotopic (exact) mass is 587 g/mol. The smallest absolute Gasteiger partial charge is 0.411 e. The molecule has 0 radical (unpaired) electrons. The predicted octanol–water partition coefficient (Wildman–Crippen LogP) is 3.99. The minimum Gasteiger partial charge on any atom is -0.465 e. The molecule has 42 heavy (non-hydrogen) atoms. The van der Waals surface area contributed by atoms with Gasteiger partial charge in [-0.1, -0.05) is 23.7 Å². The Morgan fingerprint density at radius 3 is 2.79 bits per heavy atom. The highest BCUT2D eigenvalue weighted by atomic mass is 35.5. The first kappa shape index (κ1) is 27.3. The molecule has 2 N–H and O–H groups in total. The highest BCUT2D eigenvalue weighted by Crippen LogP contribution is 2.33. The highest BCUT2D eigenvalue weighted by molar-refractivity contribution is 6.31. The lowest BCUT2D eigenvalue weighted by molar-refractivity contribution is 0.189. The Hall–Kier alpha value is -4.88. The molecule has 1 amide bonds. The van der Waals surface area contributed by atoms with E-state index in [1.54, 1.807) is 48.2 Å². The van der Waals surface area contributed by atoms with Gasteiger partial charge in [0.15, 0.2) is 0 Å². The van der Waals surface area contributed by atoms with Gasteiger partial charge in [0.25, 0.3) is 5.56 Å². The first-order chi connectivity index (χ1) is 20.4. The molecule has 0 unspecified atom stereocenters. The number of aromatic amines is 1. The number of hydrogen-bond acceptors (Lipinski definition) is 8. The van der Waals surface area contributed by atoms with Gasteiger partial charge in [0, 0.05) is 49.0 Å². The summed E-state index contributed by atoms with van der Waals surface area (Å²) in [5.74, 6) is 1.29. The Morgan fingerprint density at radius 2 is 2.05 bits per heavy atom. The van der Waals surface area contributed by atoms with Crippen LogP contribution in [0.15, 0.2) is 65.8 Å². The summed E-state index contributed by atoms with van der Waals surface area (Å²) in [7, 11) is 1.59. The summed E-state index contributed by atoms with van der Waals surface area (Å²) in [4.78, 5) is 39.2. The third-order valence-electron chi connectivity index (χ3n) is 7.17. The first-order valence-electron chi connectivity index (χ1n) is 13.2. The molecule has 5 aromatic rings. The van der Waals surface area contributed by atoms with Crippen LogP contribution in [0.5, 0.6) is 0 Å². The van der Waals surface area contributed by atoms with Gasteiger partial charge in [-0.25, -0.2) is 14.8 Å². The molecule has 0 saturated heterocycles. The lowest BCUT2D eigenvalue weighted by atomic mass is 10.1.